The highest BCUT2D eigenvalue weighted by Gasteiger charge is 2.17. The second-order valence-electron chi connectivity index (χ2n) is 4.26. The number of anilines is 1. The molecule has 2 aromatic carbocycles. The van der Waals surface area contributed by atoms with Crippen LogP contribution >= 0.6 is 27.7 Å². The summed E-state index contributed by atoms with van der Waals surface area (Å²) in [5.41, 5.74) is 7.21. The molecule has 3 nitrogen and oxygen atoms in total. The highest BCUT2D eigenvalue weighted by Crippen LogP contribution is 2.24. The average molecular weight is 351 g/mol. The zero-order chi connectivity index (χ0) is 14.5. The Morgan fingerprint density at radius 1 is 1.25 bits per heavy atom. The maximum Gasteiger partial charge on any atom is 0.244 e. The predicted octanol–water partition coefficient (Wildman–Crippen LogP) is 3.81. The van der Waals surface area contributed by atoms with Gasteiger partial charge in [0.15, 0.2) is 0 Å². The molecule has 2 rings (SSSR count). The van der Waals surface area contributed by atoms with E-state index in [1.165, 1.54) is 0 Å². The standard InChI is InChI=1S/C15H15BrN2OS/c1-20-13-7-5-10(6-8-13)14(15(17)19)18-12-4-2-3-11(16)9-12/h2-9,14,18H,1H3,(H2,17,19). The molecule has 0 aromatic heterocycles. The fourth-order valence-corrected chi connectivity index (χ4v) is 2.67. The number of primary amides is 1. The molecule has 0 spiro atoms. The summed E-state index contributed by atoms with van der Waals surface area (Å²) < 4.78 is 0.948. The molecule has 20 heavy (non-hydrogen) atoms. The Kier molecular flexibility index (Phi) is 5.09. The lowest BCUT2D eigenvalue weighted by molar-refractivity contribution is -0.118. The number of halogens is 1. The number of thioether (sulfide) groups is 1. The van der Waals surface area contributed by atoms with Crippen molar-refractivity contribution < 1.29 is 4.79 Å². The maximum absolute atomic E-state index is 11.7. The molecular formula is C15H15BrN2OS. The minimum absolute atomic E-state index is 0.401. The predicted molar refractivity (Wildman–Crippen MR) is 87.9 cm³/mol. The molecule has 0 fully saturated rings. The molecule has 104 valence electrons. The van der Waals surface area contributed by atoms with Gasteiger partial charge in [0.05, 0.1) is 0 Å². The molecule has 0 bridgehead atoms. The zero-order valence-corrected chi connectivity index (χ0v) is 13.4. The van der Waals surface area contributed by atoms with Crippen LogP contribution < -0.4 is 11.1 Å². The first kappa shape index (κ1) is 14.9. The summed E-state index contributed by atoms with van der Waals surface area (Å²) in [6.07, 6.45) is 2.01. The van der Waals surface area contributed by atoms with Crippen molar-refractivity contribution in [2.75, 3.05) is 11.6 Å². The van der Waals surface area contributed by atoms with E-state index in [-0.39, 0.29) is 0 Å². The summed E-state index contributed by atoms with van der Waals surface area (Å²) in [6.45, 7) is 0. The Bertz CT molecular complexity index is 601. The molecule has 0 saturated carbocycles. The van der Waals surface area contributed by atoms with E-state index in [2.05, 4.69) is 21.2 Å². The molecular weight excluding hydrogens is 336 g/mol. The molecule has 0 aliphatic carbocycles. The van der Waals surface area contributed by atoms with Crippen molar-refractivity contribution in [1.29, 1.82) is 0 Å². The van der Waals surface area contributed by atoms with E-state index in [0.717, 1.165) is 20.6 Å². The number of hydrogen-bond donors (Lipinski definition) is 2. The van der Waals surface area contributed by atoms with Gasteiger partial charge in [0, 0.05) is 15.1 Å². The van der Waals surface area contributed by atoms with Crippen molar-refractivity contribution in [2.45, 2.75) is 10.9 Å². The first-order valence-corrected chi connectivity index (χ1v) is 8.07. The normalized spacial score (nSPS) is 11.9. The van der Waals surface area contributed by atoms with E-state index in [4.69, 9.17) is 5.73 Å². The SMILES string of the molecule is CSc1ccc(C(Nc2cccc(Br)c2)C(N)=O)cc1. The van der Waals surface area contributed by atoms with Gasteiger partial charge in [-0.1, -0.05) is 34.1 Å². The Hall–Kier alpha value is -1.46. The van der Waals surface area contributed by atoms with Crippen molar-refractivity contribution in [1.82, 2.24) is 0 Å². The quantitative estimate of drug-likeness (QED) is 0.806. The van der Waals surface area contributed by atoms with E-state index in [1.807, 2.05) is 54.8 Å². The van der Waals surface area contributed by atoms with Gasteiger partial charge in [-0.3, -0.25) is 4.79 Å². The van der Waals surface area contributed by atoms with Crippen LogP contribution in [0.4, 0.5) is 5.69 Å². The largest absolute Gasteiger partial charge is 0.370 e. The highest BCUT2D eigenvalue weighted by molar-refractivity contribution is 9.10. The molecule has 1 atom stereocenters. The molecule has 1 unspecified atom stereocenters. The first-order chi connectivity index (χ1) is 9.60. The fourth-order valence-electron chi connectivity index (χ4n) is 1.86. The number of carbonyl (C=O) groups is 1. The third-order valence-corrected chi connectivity index (χ3v) is 4.11. The van der Waals surface area contributed by atoms with E-state index in [1.54, 1.807) is 11.8 Å². The second kappa shape index (κ2) is 6.81. The van der Waals surface area contributed by atoms with Crippen LogP contribution in [0.5, 0.6) is 0 Å². The minimum Gasteiger partial charge on any atom is -0.370 e. The molecule has 5 heteroatoms. The zero-order valence-electron chi connectivity index (χ0n) is 11.0. The van der Waals surface area contributed by atoms with E-state index in [0.29, 0.717) is 0 Å². The third kappa shape index (κ3) is 3.77. The van der Waals surface area contributed by atoms with Crippen molar-refractivity contribution in [2.24, 2.45) is 5.73 Å². The molecule has 0 heterocycles. The van der Waals surface area contributed by atoms with Crippen molar-refractivity contribution in [3.63, 3.8) is 0 Å². The molecule has 0 radical (unpaired) electrons. The van der Waals surface area contributed by atoms with Crippen molar-refractivity contribution in [3.8, 4) is 0 Å². The number of amides is 1. The maximum atomic E-state index is 11.7. The second-order valence-corrected chi connectivity index (χ2v) is 6.06. The van der Waals surface area contributed by atoms with Crippen LogP contribution in [0.3, 0.4) is 0 Å². The Morgan fingerprint density at radius 3 is 2.50 bits per heavy atom. The summed E-state index contributed by atoms with van der Waals surface area (Å²) in [5, 5.41) is 3.16. The summed E-state index contributed by atoms with van der Waals surface area (Å²) >= 11 is 5.07. The van der Waals surface area contributed by atoms with Gasteiger partial charge in [-0.25, -0.2) is 0 Å². The van der Waals surface area contributed by atoms with Crippen molar-refractivity contribution in [3.05, 3.63) is 58.6 Å². The van der Waals surface area contributed by atoms with E-state index < -0.39 is 11.9 Å². The van der Waals surface area contributed by atoms with Crippen LogP contribution in [-0.2, 0) is 4.79 Å². The fraction of sp³-hybridized carbons (Fsp3) is 0.133. The van der Waals surface area contributed by atoms with Gasteiger partial charge < -0.3 is 11.1 Å². The molecule has 3 N–H and O–H groups in total. The van der Waals surface area contributed by atoms with Gasteiger partial charge in [0.1, 0.15) is 6.04 Å². The lowest BCUT2D eigenvalue weighted by Crippen LogP contribution is -2.27. The summed E-state index contributed by atoms with van der Waals surface area (Å²) in [6, 6.07) is 14.9. The number of nitrogens with two attached hydrogens (primary N) is 1. The summed E-state index contributed by atoms with van der Waals surface area (Å²) in [5.74, 6) is -0.401. The Morgan fingerprint density at radius 2 is 1.95 bits per heavy atom. The summed E-state index contributed by atoms with van der Waals surface area (Å²) in [4.78, 5) is 12.8. The van der Waals surface area contributed by atoms with Crippen LogP contribution in [0.2, 0.25) is 0 Å². The van der Waals surface area contributed by atoms with Crippen molar-refractivity contribution >= 4 is 39.3 Å². The van der Waals surface area contributed by atoms with Gasteiger partial charge in [-0.05, 0) is 42.2 Å². The van der Waals surface area contributed by atoms with Crippen LogP contribution in [0.15, 0.2) is 57.9 Å². The number of hydrogen-bond acceptors (Lipinski definition) is 3. The highest BCUT2D eigenvalue weighted by atomic mass is 79.9. The first-order valence-electron chi connectivity index (χ1n) is 6.05. The molecule has 0 aliphatic heterocycles. The van der Waals surface area contributed by atoms with Gasteiger partial charge in [0.2, 0.25) is 5.91 Å². The van der Waals surface area contributed by atoms with Crippen LogP contribution in [0.1, 0.15) is 11.6 Å². The lowest BCUT2D eigenvalue weighted by atomic mass is 10.1. The number of benzene rings is 2. The topological polar surface area (TPSA) is 55.1 Å². The Labute approximate surface area is 131 Å². The monoisotopic (exact) mass is 350 g/mol. The molecule has 0 aliphatic rings. The van der Waals surface area contributed by atoms with E-state index >= 15 is 0 Å². The number of nitrogens with one attached hydrogen (secondary N) is 1. The number of rotatable bonds is 5. The van der Waals surface area contributed by atoms with Crippen LogP contribution in [-0.4, -0.2) is 12.2 Å². The van der Waals surface area contributed by atoms with Gasteiger partial charge >= 0.3 is 0 Å². The molecule has 0 saturated heterocycles. The summed E-state index contributed by atoms with van der Waals surface area (Å²) in [7, 11) is 0. The molecule has 2 aromatic rings. The van der Waals surface area contributed by atoms with Gasteiger partial charge in [-0.15, -0.1) is 11.8 Å². The minimum atomic E-state index is -0.541. The van der Waals surface area contributed by atoms with Crippen LogP contribution in [0, 0.1) is 0 Å². The smallest absolute Gasteiger partial charge is 0.244 e. The molecule has 1 amide bonds. The third-order valence-electron chi connectivity index (χ3n) is 2.87. The number of carbonyl (C=O) groups excluding carboxylic acids is 1. The van der Waals surface area contributed by atoms with Gasteiger partial charge in [-0.2, -0.15) is 0 Å². The van der Waals surface area contributed by atoms with Gasteiger partial charge in [0.25, 0.3) is 0 Å². The van der Waals surface area contributed by atoms with E-state index in [9.17, 15) is 4.79 Å². The lowest BCUT2D eigenvalue weighted by Gasteiger charge is -2.17. The van der Waals surface area contributed by atoms with Crippen LogP contribution in [0.25, 0.3) is 0 Å². The average Bonchev–Trinajstić information content (AvgIpc) is 2.45. The Balaban J connectivity index is 2.24.